The van der Waals surface area contributed by atoms with Crippen LogP contribution in [0.4, 0.5) is 0 Å². The summed E-state index contributed by atoms with van der Waals surface area (Å²) in [6, 6.07) is 0. The molecule has 0 aliphatic carbocycles. The van der Waals surface area contributed by atoms with Gasteiger partial charge in [0.25, 0.3) is 0 Å². The first-order chi connectivity index (χ1) is 7.72. The molecule has 2 unspecified atom stereocenters. The first kappa shape index (κ1) is 11.6. The van der Waals surface area contributed by atoms with Gasteiger partial charge in [-0.25, -0.2) is 0 Å². The molecular weight excluding hydrogens is 200 g/mol. The molecule has 0 spiro atoms. The maximum atomic E-state index is 5.54. The van der Waals surface area contributed by atoms with Crippen LogP contribution in [0.25, 0.3) is 0 Å². The molecule has 0 fully saturated rings. The molecule has 16 heavy (non-hydrogen) atoms. The summed E-state index contributed by atoms with van der Waals surface area (Å²) in [6.07, 6.45) is 4.52. The van der Waals surface area contributed by atoms with Gasteiger partial charge < -0.3 is 10.3 Å². The van der Waals surface area contributed by atoms with Crippen LogP contribution in [0.1, 0.15) is 50.7 Å². The Kier molecular flexibility index (Phi) is 3.59. The van der Waals surface area contributed by atoms with Crippen molar-refractivity contribution in [3.8, 4) is 0 Å². The van der Waals surface area contributed by atoms with Gasteiger partial charge in [0.2, 0.25) is 0 Å². The largest absolute Gasteiger partial charge is 0.330 e. The van der Waals surface area contributed by atoms with Gasteiger partial charge in [0.15, 0.2) is 0 Å². The van der Waals surface area contributed by atoms with E-state index in [1.54, 1.807) is 0 Å². The van der Waals surface area contributed by atoms with Crippen LogP contribution < -0.4 is 5.73 Å². The highest BCUT2D eigenvalue weighted by molar-refractivity contribution is 5.04. The molecular formula is C12H22N4. The van der Waals surface area contributed by atoms with Gasteiger partial charge in [-0.05, 0) is 31.7 Å². The molecule has 1 aromatic heterocycles. The quantitative estimate of drug-likeness (QED) is 0.843. The van der Waals surface area contributed by atoms with Gasteiger partial charge in [0.05, 0.1) is 0 Å². The highest BCUT2D eigenvalue weighted by Crippen LogP contribution is 2.25. The van der Waals surface area contributed by atoms with Crippen molar-refractivity contribution in [3.05, 3.63) is 11.6 Å². The maximum absolute atomic E-state index is 5.54. The van der Waals surface area contributed by atoms with Gasteiger partial charge in [-0.1, -0.05) is 13.8 Å². The van der Waals surface area contributed by atoms with Gasteiger partial charge in [-0.15, -0.1) is 10.2 Å². The Morgan fingerprint density at radius 1 is 1.50 bits per heavy atom. The summed E-state index contributed by atoms with van der Waals surface area (Å²) in [6.45, 7) is 6.37. The molecule has 1 aliphatic rings. The lowest BCUT2D eigenvalue weighted by Gasteiger charge is -2.21. The zero-order chi connectivity index (χ0) is 11.5. The van der Waals surface area contributed by atoms with E-state index in [9.17, 15) is 0 Å². The number of hydrogen-bond acceptors (Lipinski definition) is 3. The number of aromatic nitrogens is 3. The minimum Gasteiger partial charge on any atom is -0.330 e. The third kappa shape index (κ3) is 2.26. The van der Waals surface area contributed by atoms with Crippen LogP contribution in [0.3, 0.4) is 0 Å². The minimum absolute atomic E-state index is 0.484. The average Bonchev–Trinajstić information content (AvgIpc) is 2.68. The lowest BCUT2D eigenvalue weighted by Crippen LogP contribution is -2.20. The molecule has 0 saturated heterocycles. The van der Waals surface area contributed by atoms with Crippen LogP contribution >= 0.6 is 0 Å². The Morgan fingerprint density at radius 3 is 3.06 bits per heavy atom. The molecule has 1 aromatic rings. The number of hydrogen-bond donors (Lipinski definition) is 1. The van der Waals surface area contributed by atoms with E-state index in [1.807, 2.05) is 0 Å². The number of fused-ring (bicyclic) bond motifs is 1. The number of nitrogens with zero attached hydrogens (tertiary/aromatic N) is 3. The predicted molar refractivity (Wildman–Crippen MR) is 64.2 cm³/mol. The van der Waals surface area contributed by atoms with Gasteiger partial charge in [0.1, 0.15) is 11.6 Å². The molecule has 2 N–H and O–H groups in total. The van der Waals surface area contributed by atoms with Crippen molar-refractivity contribution in [3.63, 3.8) is 0 Å². The van der Waals surface area contributed by atoms with Crippen LogP contribution in [0.5, 0.6) is 0 Å². The SMILES string of the molecule is CC1CCn2c(nnc2C(C)CCCN)C1. The molecule has 4 heteroatoms. The smallest absolute Gasteiger partial charge is 0.135 e. The Labute approximate surface area is 97.2 Å². The Balaban J connectivity index is 2.11. The molecule has 2 atom stereocenters. The van der Waals surface area contributed by atoms with Gasteiger partial charge in [0, 0.05) is 18.9 Å². The number of rotatable bonds is 4. The Hall–Kier alpha value is -0.900. The molecule has 2 rings (SSSR count). The van der Waals surface area contributed by atoms with Crippen LogP contribution in [0.2, 0.25) is 0 Å². The minimum atomic E-state index is 0.484. The van der Waals surface area contributed by atoms with Crippen molar-refractivity contribution >= 4 is 0 Å². The summed E-state index contributed by atoms with van der Waals surface area (Å²) in [5.41, 5.74) is 5.54. The van der Waals surface area contributed by atoms with E-state index in [2.05, 4.69) is 28.6 Å². The van der Waals surface area contributed by atoms with Gasteiger partial charge >= 0.3 is 0 Å². The van der Waals surface area contributed by atoms with E-state index in [0.717, 1.165) is 44.1 Å². The second-order valence-electron chi connectivity index (χ2n) is 5.06. The summed E-state index contributed by atoms with van der Waals surface area (Å²) >= 11 is 0. The summed E-state index contributed by atoms with van der Waals surface area (Å²) in [7, 11) is 0. The fourth-order valence-electron chi connectivity index (χ4n) is 2.42. The van der Waals surface area contributed by atoms with Crippen LogP contribution in [-0.2, 0) is 13.0 Å². The molecule has 0 amide bonds. The maximum Gasteiger partial charge on any atom is 0.135 e. The van der Waals surface area contributed by atoms with E-state index < -0.39 is 0 Å². The highest BCUT2D eigenvalue weighted by atomic mass is 15.3. The van der Waals surface area contributed by atoms with Crippen molar-refractivity contribution in [2.45, 2.75) is 52.0 Å². The monoisotopic (exact) mass is 222 g/mol. The lowest BCUT2D eigenvalue weighted by atomic mass is 9.99. The zero-order valence-electron chi connectivity index (χ0n) is 10.3. The molecule has 2 heterocycles. The third-order valence-electron chi connectivity index (χ3n) is 3.51. The first-order valence-corrected chi connectivity index (χ1v) is 6.34. The van der Waals surface area contributed by atoms with Gasteiger partial charge in [-0.3, -0.25) is 0 Å². The molecule has 0 aromatic carbocycles. The van der Waals surface area contributed by atoms with Crippen molar-refractivity contribution < 1.29 is 0 Å². The second-order valence-corrected chi connectivity index (χ2v) is 5.06. The van der Waals surface area contributed by atoms with Crippen molar-refractivity contribution in [2.24, 2.45) is 11.7 Å². The van der Waals surface area contributed by atoms with E-state index in [0.29, 0.717) is 5.92 Å². The summed E-state index contributed by atoms with van der Waals surface area (Å²) in [4.78, 5) is 0. The second kappa shape index (κ2) is 4.95. The van der Waals surface area contributed by atoms with Crippen LogP contribution in [0, 0.1) is 5.92 Å². The molecule has 0 bridgehead atoms. The summed E-state index contributed by atoms with van der Waals surface area (Å²) in [5, 5.41) is 8.68. The standard InChI is InChI=1S/C12H22N4/c1-9-5-7-16-11(8-9)14-15-12(16)10(2)4-3-6-13/h9-10H,3-8,13H2,1-2H3. The molecule has 4 nitrogen and oxygen atoms in total. The topological polar surface area (TPSA) is 56.7 Å². The summed E-state index contributed by atoms with van der Waals surface area (Å²) < 4.78 is 2.32. The van der Waals surface area contributed by atoms with Crippen LogP contribution in [-0.4, -0.2) is 21.3 Å². The summed E-state index contributed by atoms with van der Waals surface area (Å²) in [5.74, 6) is 3.57. The van der Waals surface area contributed by atoms with E-state index in [1.165, 1.54) is 12.2 Å². The van der Waals surface area contributed by atoms with E-state index >= 15 is 0 Å². The molecule has 0 saturated carbocycles. The lowest BCUT2D eigenvalue weighted by molar-refractivity contribution is 0.396. The average molecular weight is 222 g/mol. The molecule has 0 radical (unpaired) electrons. The van der Waals surface area contributed by atoms with Gasteiger partial charge in [-0.2, -0.15) is 0 Å². The fraction of sp³-hybridized carbons (Fsp3) is 0.833. The highest BCUT2D eigenvalue weighted by Gasteiger charge is 2.22. The van der Waals surface area contributed by atoms with Crippen molar-refractivity contribution in [1.82, 2.24) is 14.8 Å². The Morgan fingerprint density at radius 2 is 2.31 bits per heavy atom. The number of nitrogens with two attached hydrogens (primary N) is 1. The van der Waals surface area contributed by atoms with Crippen molar-refractivity contribution in [1.29, 1.82) is 0 Å². The molecule has 90 valence electrons. The predicted octanol–water partition coefficient (Wildman–Crippen LogP) is 1.70. The fourth-order valence-corrected chi connectivity index (χ4v) is 2.42. The zero-order valence-corrected chi connectivity index (χ0v) is 10.3. The third-order valence-corrected chi connectivity index (χ3v) is 3.51. The van der Waals surface area contributed by atoms with Crippen LogP contribution in [0.15, 0.2) is 0 Å². The van der Waals surface area contributed by atoms with E-state index in [4.69, 9.17) is 5.73 Å². The molecule has 1 aliphatic heterocycles. The normalized spacial score (nSPS) is 21.8. The Bertz CT molecular complexity index is 345. The first-order valence-electron chi connectivity index (χ1n) is 6.34. The van der Waals surface area contributed by atoms with E-state index in [-0.39, 0.29) is 0 Å². The van der Waals surface area contributed by atoms with Crippen molar-refractivity contribution in [2.75, 3.05) is 6.54 Å².